The van der Waals surface area contributed by atoms with Crippen molar-refractivity contribution < 1.29 is 70.9 Å². The number of nitrogen functional groups attached to an aromatic ring is 1. The van der Waals surface area contributed by atoms with Crippen LogP contribution in [0, 0.1) is 125 Å². The first-order valence-electron chi connectivity index (χ1n) is 34.0. The van der Waals surface area contributed by atoms with Crippen molar-refractivity contribution in [1.82, 2.24) is 34.9 Å². The predicted octanol–water partition coefficient (Wildman–Crippen LogP) is 22.5. The number of halogens is 13. The number of anilines is 1. The summed E-state index contributed by atoms with van der Waals surface area (Å²) in [5.74, 6) is -8.00. The SMILES string of the molecule is Cc1cc(Cl)ncc1[N+](=O)[O-].Cc1cc(Sc2cc(F)cc(F)c2)ncc1N.Cc1cc(Sc2cc(F)cc(F)c2)ncc1[N+](=O)[O-].Cc1cnc(Sc2cc(F)cc(F)c2)cc1C.Fc1cc(F)cc(S)c1.Fc1cc(F)cc(Sc2cc3c(cn2)CN=C3)c1.O=S(=O)(c1cc(F)cc(F)c1)c1cc2c(cn1)CN=C2/C=C/c1ccccn1. The number of aryl methyl sites for hydroxylation is 5. The Morgan fingerprint density at radius 2 is 0.849 bits per heavy atom. The molecule has 610 valence electrons. The average Bonchev–Trinajstić information content (AvgIpc) is 1.74. The van der Waals surface area contributed by atoms with Gasteiger partial charge in [0.15, 0.2) is 5.03 Å². The summed E-state index contributed by atoms with van der Waals surface area (Å²) in [5, 5.41) is 23.4. The summed E-state index contributed by atoms with van der Waals surface area (Å²) in [6, 6.07) is 34.0. The van der Waals surface area contributed by atoms with E-state index in [9.17, 15) is 81.3 Å². The molecule has 0 radical (unpaired) electrons. The summed E-state index contributed by atoms with van der Waals surface area (Å²) in [5.41, 5.74) is 15.0. The van der Waals surface area contributed by atoms with Crippen molar-refractivity contribution >= 4 is 116 Å². The zero-order chi connectivity index (χ0) is 86.4. The molecule has 0 aliphatic carbocycles. The largest absolute Gasteiger partial charge is 0.397 e. The molecule has 15 rings (SSSR count). The van der Waals surface area contributed by atoms with Crippen LogP contribution in [0.25, 0.3) is 6.08 Å². The van der Waals surface area contributed by atoms with Crippen molar-refractivity contribution in [3.63, 3.8) is 0 Å². The molecule has 0 saturated heterocycles. The molecule has 0 spiro atoms. The molecule has 119 heavy (non-hydrogen) atoms. The van der Waals surface area contributed by atoms with Crippen LogP contribution in [0.15, 0.2) is 278 Å². The van der Waals surface area contributed by atoms with Crippen LogP contribution in [0.4, 0.5) is 69.7 Å². The van der Waals surface area contributed by atoms with Gasteiger partial charge in [0, 0.05) is 125 Å². The van der Waals surface area contributed by atoms with E-state index in [2.05, 4.69) is 57.5 Å². The Hall–Kier alpha value is -11.8. The van der Waals surface area contributed by atoms with Crippen molar-refractivity contribution in [3.05, 3.63) is 364 Å². The maximum atomic E-state index is 13.5. The molecule has 2 aliphatic heterocycles. The van der Waals surface area contributed by atoms with E-state index in [-0.39, 0.29) is 21.6 Å². The lowest BCUT2D eigenvalue weighted by Gasteiger charge is -2.07. The number of nitrogens with zero attached hydrogens (tertiary/aromatic N) is 11. The Morgan fingerprint density at radius 1 is 0.437 bits per heavy atom. The second-order valence-corrected chi connectivity index (χ2v) is 32.0. The molecular weight excluding hydrogens is 1700 g/mol. The summed E-state index contributed by atoms with van der Waals surface area (Å²) in [6.07, 6.45) is 15.7. The third kappa shape index (κ3) is 28.2. The number of benzene rings is 6. The van der Waals surface area contributed by atoms with Crippen LogP contribution in [0.1, 0.15) is 55.8 Å². The first-order valence-corrected chi connectivity index (χ1v) is 39.6. The first-order chi connectivity index (χ1) is 56.5. The number of aliphatic imine (C=N–C) groups is 2. The normalized spacial score (nSPS) is 11.4. The molecule has 18 nitrogen and oxygen atoms in total. The second kappa shape index (κ2) is 42.5. The minimum atomic E-state index is -4.18. The van der Waals surface area contributed by atoms with Crippen molar-refractivity contribution in [2.45, 2.75) is 102 Å². The molecule has 9 heterocycles. The summed E-state index contributed by atoms with van der Waals surface area (Å²) in [7, 11) is -4.18. The van der Waals surface area contributed by atoms with Crippen molar-refractivity contribution in [2.24, 2.45) is 9.98 Å². The van der Waals surface area contributed by atoms with Gasteiger partial charge in [-0.2, -0.15) is 0 Å². The maximum absolute atomic E-state index is 13.5. The average molecular weight is 1760 g/mol. The van der Waals surface area contributed by atoms with Crippen LogP contribution >= 0.6 is 71.3 Å². The number of thiol groups is 1. The van der Waals surface area contributed by atoms with Crippen molar-refractivity contribution in [1.29, 1.82) is 0 Å². The quantitative estimate of drug-likeness (QED) is 0.0337. The van der Waals surface area contributed by atoms with Gasteiger partial charge in [-0.1, -0.05) is 64.7 Å². The van der Waals surface area contributed by atoms with Crippen LogP contribution in [0.5, 0.6) is 0 Å². The third-order valence-electron chi connectivity index (χ3n) is 15.7. The molecule has 7 aromatic heterocycles. The molecule has 0 unspecified atom stereocenters. The fraction of sp³-hybridized carbons (Fsp3) is 0.0854. The Bertz CT molecular complexity index is 5890. The van der Waals surface area contributed by atoms with E-state index < -0.39 is 94.4 Å². The van der Waals surface area contributed by atoms with Gasteiger partial charge in [-0.15, -0.1) is 12.6 Å². The number of rotatable bonds is 14. The zero-order valence-electron chi connectivity index (χ0n) is 62.1. The summed E-state index contributed by atoms with van der Waals surface area (Å²) >= 11 is 13.9. The monoisotopic (exact) mass is 1760 g/mol. The van der Waals surface area contributed by atoms with Crippen molar-refractivity contribution in [3.8, 4) is 0 Å². The summed E-state index contributed by atoms with van der Waals surface area (Å²) in [4.78, 5) is 58.2. The number of hydrogen-bond donors (Lipinski definition) is 2. The molecule has 13 aromatic rings. The zero-order valence-corrected chi connectivity index (χ0v) is 67.9. The number of pyridine rings is 7. The number of allylic oxidation sites excluding steroid dienone is 1. The van der Waals surface area contributed by atoms with Gasteiger partial charge in [-0.25, -0.2) is 91.0 Å². The Labute approximate surface area is 699 Å². The highest BCUT2D eigenvalue weighted by Gasteiger charge is 2.25. The minimum Gasteiger partial charge on any atom is -0.397 e. The lowest BCUT2D eigenvalue weighted by atomic mass is 10.1. The summed E-state index contributed by atoms with van der Waals surface area (Å²) < 4.78 is 181. The van der Waals surface area contributed by atoms with E-state index in [1.54, 1.807) is 62.9 Å². The van der Waals surface area contributed by atoms with Crippen LogP contribution in [-0.2, 0) is 22.9 Å². The fourth-order valence-corrected chi connectivity index (χ4v) is 15.3. The topological polar surface area (TPSA) is 261 Å². The van der Waals surface area contributed by atoms with E-state index in [0.717, 1.165) is 123 Å². The number of nitrogens with two attached hydrogens (primary N) is 1. The standard InChI is InChI=1S/C20H13F2N3O2S.C13H8F2N2S.C13H11F2NS.C12H8F2N2O2S.C12H10F2N2S.C6H5ClN2O2.C6H4F2S/c21-14-7-15(22)9-17(8-14)28(26,27)20-10-18-13(12-25-20)11-24-19(18)5-4-16-3-1-2-6-23-16;14-10-2-11(15)4-12(3-10)18-13-1-8-5-16-6-9(8)7-17-13;1-8-3-13(16-7-9(8)2)17-12-5-10(14)4-11(15)6-12;1-7-2-12(15-6-11(7)16(17)18)19-10-4-8(13)3-9(14)5-10;1-7-2-12(16-6-11(7)15)17-10-4-8(13)3-9(14)5-10;1-4-2-6(7)8-3-5(4)9(10)11;7-4-1-5(8)3-6(9)2-4/h1-10,12H,11H2;1-5,7H,6H2;3-7H,1-2H3;2-6H,1H3;2-6H,15H2,1H3;2-3H,1H3;1-3,9H/b5-4+;;;;;;. The summed E-state index contributed by atoms with van der Waals surface area (Å²) in [6.45, 7) is 10.0. The highest BCUT2D eigenvalue weighted by atomic mass is 35.5. The highest BCUT2D eigenvalue weighted by Crippen LogP contribution is 2.35. The lowest BCUT2D eigenvalue weighted by molar-refractivity contribution is -0.385. The van der Waals surface area contributed by atoms with E-state index in [0.29, 0.717) is 86.8 Å². The van der Waals surface area contributed by atoms with Gasteiger partial charge in [0.25, 0.3) is 11.4 Å². The van der Waals surface area contributed by atoms with Gasteiger partial charge in [-0.3, -0.25) is 35.2 Å². The molecule has 0 fully saturated rings. The molecule has 0 saturated carbocycles. The lowest BCUT2D eigenvalue weighted by Crippen LogP contribution is -2.08. The van der Waals surface area contributed by atoms with E-state index in [1.165, 1.54) is 114 Å². The molecule has 2 aliphatic rings. The molecule has 0 bridgehead atoms. The van der Waals surface area contributed by atoms with E-state index in [1.807, 2.05) is 45.0 Å². The first kappa shape index (κ1) is 91.1. The van der Waals surface area contributed by atoms with Crippen LogP contribution in [-0.4, -0.2) is 65.1 Å². The van der Waals surface area contributed by atoms with Crippen LogP contribution in [0.2, 0.25) is 5.15 Å². The van der Waals surface area contributed by atoms with E-state index >= 15 is 0 Å². The fourth-order valence-electron chi connectivity index (χ4n) is 9.95. The smallest absolute Gasteiger partial charge is 0.290 e. The molecule has 37 heteroatoms. The van der Waals surface area contributed by atoms with Crippen molar-refractivity contribution in [2.75, 3.05) is 5.73 Å². The van der Waals surface area contributed by atoms with Gasteiger partial charge < -0.3 is 5.73 Å². The number of hydrogen-bond acceptors (Lipinski definition) is 21. The van der Waals surface area contributed by atoms with Gasteiger partial charge >= 0.3 is 0 Å². The molecule has 0 amide bonds. The van der Waals surface area contributed by atoms with Crippen LogP contribution in [0.3, 0.4) is 0 Å². The van der Waals surface area contributed by atoms with Gasteiger partial charge in [0.2, 0.25) is 9.84 Å². The van der Waals surface area contributed by atoms with Gasteiger partial charge in [-0.05, 0) is 185 Å². The molecule has 0 atom stereocenters. The van der Waals surface area contributed by atoms with E-state index in [4.69, 9.17) is 17.3 Å². The molecule has 2 N–H and O–H groups in total. The van der Waals surface area contributed by atoms with Crippen LogP contribution < -0.4 is 5.73 Å². The highest BCUT2D eigenvalue weighted by molar-refractivity contribution is 8.00. The second-order valence-electron chi connectivity index (χ2n) is 24.8. The number of fused-ring (bicyclic) bond motifs is 2. The Morgan fingerprint density at radius 3 is 1.29 bits per heavy atom. The predicted molar refractivity (Wildman–Crippen MR) is 434 cm³/mol. The molecule has 6 aromatic carbocycles. The minimum absolute atomic E-state index is 0.00519. The van der Waals surface area contributed by atoms with Gasteiger partial charge in [0.05, 0.1) is 51.1 Å². The van der Waals surface area contributed by atoms with Gasteiger partial charge in [0.1, 0.15) is 107 Å². The molecular formula is C82H59ClF12N12O6S6. The number of nitro groups is 2. The Balaban J connectivity index is 0.000000162. The number of sulfone groups is 1. The number of aromatic nitrogens is 7. The maximum Gasteiger partial charge on any atom is 0.290 e. The Kier molecular flexibility index (Phi) is 32.6. The third-order valence-corrected chi connectivity index (χ3v) is 21.4.